The molecule has 0 aromatic heterocycles. The van der Waals surface area contributed by atoms with Crippen LogP contribution in [0.5, 0.6) is 0 Å². The van der Waals surface area contributed by atoms with Gasteiger partial charge in [0.15, 0.2) is 9.84 Å². The molecule has 2 aromatic carbocycles. The molecule has 0 spiro atoms. The van der Waals surface area contributed by atoms with E-state index in [1.807, 2.05) is 25.1 Å². The Hall–Kier alpha value is -1.38. The van der Waals surface area contributed by atoms with Crippen molar-refractivity contribution in [2.24, 2.45) is 0 Å². The zero-order chi connectivity index (χ0) is 17.5. The topological polar surface area (TPSA) is 77.8 Å². The average molecular weight is 367 g/mol. The van der Waals surface area contributed by atoms with Gasteiger partial charge in [-0.3, -0.25) is 9.11 Å². The van der Waals surface area contributed by atoms with Gasteiger partial charge in [-0.2, -0.15) is 10.6 Å². The lowest BCUT2D eigenvalue weighted by Gasteiger charge is -2.27. The molecule has 1 aliphatic heterocycles. The lowest BCUT2D eigenvalue weighted by molar-refractivity contribution is 0.400. The zero-order valence-corrected chi connectivity index (χ0v) is 15.2. The molecule has 0 fully saturated rings. The highest BCUT2D eigenvalue weighted by molar-refractivity contribution is 8.25. The van der Waals surface area contributed by atoms with E-state index in [0.29, 0.717) is 17.0 Å². The van der Waals surface area contributed by atoms with Crippen LogP contribution in [0.4, 0.5) is 0 Å². The number of hydrogen-bond acceptors (Lipinski definition) is 5. The van der Waals surface area contributed by atoms with Crippen molar-refractivity contribution in [2.45, 2.75) is 21.6 Å². The molecule has 3 rings (SSSR count). The van der Waals surface area contributed by atoms with Crippen molar-refractivity contribution in [1.29, 1.82) is 0 Å². The maximum atomic E-state index is 13.1. The molecule has 130 valence electrons. The van der Waals surface area contributed by atoms with Gasteiger partial charge in [0.2, 0.25) is 0 Å². The monoisotopic (exact) mass is 367 g/mol. The standard InChI is InChI=1S/C17H21NO4S2/c1-18(2)11-13-7-6-10-15-17(13)16(12-23(15,19)20)24(21,22)14-8-4-3-5-9-14/h3-10,16,19-20H,11-12H2,1-2H3. The summed E-state index contributed by atoms with van der Waals surface area (Å²) in [4.78, 5) is 2.51. The molecule has 1 aliphatic rings. The Bertz CT molecular complexity index is 848. The van der Waals surface area contributed by atoms with E-state index in [4.69, 9.17) is 0 Å². The summed E-state index contributed by atoms with van der Waals surface area (Å²) in [5.41, 5.74) is 1.37. The molecule has 7 heteroatoms. The van der Waals surface area contributed by atoms with Crippen molar-refractivity contribution in [3.05, 3.63) is 59.7 Å². The maximum Gasteiger partial charge on any atom is 0.187 e. The fourth-order valence-electron chi connectivity index (χ4n) is 3.12. The molecule has 1 heterocycles. The van der Waals surface area contributed by atoms with E-state index in [1.165, 1.54) is 0 Å². The lowest BCUT2D eigenvalue weighted by Crippen LogP contribution is -2.18. The third-order valence-corrected chi connectivity index (χ3v) is 8.30. The second kappa shape index (κ2) is 6.16. The maximum absolute atomic E-state index is 13.1. The molecule has 1 unspecified atom stereocenters. The molecule has 5 nitrogen and oxygen atoms in total. The van der Waals surface area contributed by atoms with Crippen LogP contribution in [0, 0.1) is 0 Å². The van der Waals surface area contributed by atoms with E-state index in [0.717, 1.165) is 5.56 Å². The summed E-state index contributed by atoms with van der Waals surface area (Å²) in [6.45, 7) is 0.541. The van der Waals surface area contributed by atoms with E-state index < -0.39 is 25.7 Å². The molecular weight excluding hydrogens is 346 g/mol. The first-order valence-corrected chi connectivity index (χ1v) is 10.8. The largest absolute Gasteiger partial charge is 0.305 e. The van der Waals surface area contributed by atoms with Crippen molar-refractivity contribution in [3.8, 4) is 0 Å². The van der Waals surface area contributed by atoms with Crippen LogP contribution >= 0.6 is 10.6 Å². The van der Waals surface area contributed by atoms with Crippen LogP contribution in [0.2, 0.25) is 0 Å². The molecule has 2 N–H and O–H groups in total. The highest BCUT2D eigenvalue weighted by Gasteiger charge is 2.44. The Morgan fingerprint density at radius 1 is 1.08 bits per heavy atom. The van der Waals surface area contributed by atoms with Crippen molar-refractivity contribution in [1.82, 2.24) is 4.90 Å². The molecular formula is C17H21NO4S2. The van der Waals surface area contributed by atoms with Crippen LogP contribution < -0.4 is 0 Å². The Labute approximate surface area is 144 Å². The minimum absolute atomic E-state index is 0.177. The number of benzene rings is 2. The lowest BCUT2D eigenvalue weighted by atomic mass is 10.0. The van der Waals surface area contributed by atoms with Crippen LogP contribution in [0.1, 0.15) is 16.4 Å². The summed E-state index contributed by atoms with van der Waals surface area (Å²) in [6.07, 6.45) is 0. The van der Waals surface area contributed by atoms with E-state index in [9.17, 15) is 17.5 Å². The van der Waals surface area contributed by atoms with Gasteiger partial charge in [-0.1, -0.05) is 30.3 Å². The number of sulfone groups is 1. The van der Waals surface area contributed by atoms with E-state index in [1.54, 1.807) is 42.5 Å². The van der Waals surface area contributed by atoms with Gasteiger partial charge in [0.25, 0.3) is 0 Å². The van der Waals surface area contributed by atoms with Crippen LogP contribution in [-0.4, -0.2) is 42.3 Å². The van der Waals surface area contributed by atoms with E-state index in [2.05, 4.69) is 0 Å². The Morgan fingerprint density at radius 2 is 1.75 bits per heavy atom. The first-order valence-electron chi connectivity index (χ1n) is 7.55. The summed E-state index contributed by atoms with van der Waals surface area (Å²) >= 11 is 0. The first-order chi connectivity index (χ1) is 11.2. The van der Waals surface area contributed by atoms with Crippen LogP contribution in [0.3, 0.4) is 0 Å². The van der Waals surface area contributed by atoms with Crippen LogP contribution in [-0.2, 0) is 16.4 Å². The van der Waals surface area contributed by atoms with Gasteiger partial charge in [-0.05, 0) is 43.4 Å². The number of nitrogens with zero attached hydrogens (tertiary/aromatic N) is 1. The van der Waals surface area contributed by atoms with Crippen LogP contribution in [0.25, 0.3) is 0 Å². The van der Waals surface area contributed by atoms with Gasteiger partial charge >= 0.3 is 0 Å². The quantitative estimate of drug-likeness (QED) is 0.866. The summed E-state index contributed by atoms with van der Waals surface area (Å²) in [5.74, 6) is -0.177. The van der Waals surface area contributed by atoms with Crippen molar-refractivity contribution >= 4 is 20.4 Å². The molecule has 0 radical (unpaired) electrons. The Balaban J connectivity index is 2.17. The molecule has 1 atom stereocenters. The minimum Gasteiger partial charge on any atom is -0.305 e. The van der Waals surface area contributed by atoms with Crippen LogP contribution in [0.15, 0.2) is 58.3 Å². The van der Waals surface area contributed by atoms with E-state index in [-0.39, 0.29) is 10.6 Å². The van der Waals surface area contributed by atoms with Gasteiger partial charge in [0, 0.05) is 6.54 Å². The predicted molar refractivity (Wildman–Crippen MR) is 96.2 cm³/mol. The fourth-order valence-corrected chi connectivity index (χ4v) is 7.63. The molecule has 0 saturated carbocycles. The molecule has 2 aromatic rings. The average Bonchev–Trinajstić information content (AvgIpc) is 2.81. The summed E-state index contributed by atoms with van der Waals surface area (Å²) in [5, 5.41) is -0.934. The highest BCUT2D eigenvalue weighted by Crippen LogP contribution is 2.62. The van der Waals surface area contributed by atoms with Crippen molar-refractivity contribution in [3.63, 3.8) is 0 Å². The Morgan fingerprint density at radius 3 is 2.38 bits per heavy atom. The smallest absolute Gasteiger partial charge is 0.187 e. The second-order valence-electron chi connectivity index (χ2n) is 6.25. The molecule has 0 bridgehead atoms. The zero-order valence-electron chi connectivity index (χ0n) is 13.6. The summed E-state index contributed by atoms with van der Waals surface area (Å²) in [6, 6.07) is 13.4. The summed E-state index contributed by atoms with van der Waals surface area (Å²) < 4.78 is 47.1. The first kappa shape index (κ1) is 17.4. The number of fused-ring (bicyclic) bond motifs is 1. The number of hydrogen-bond donors (Lipinski definition) is 2. The van der Waals surface area contributed by atoms with Gasteiger partial charge in [0.05, 0.1) is 15.5 Å². The highest BCUT2D eigenvalue weighted by atomic mass is 32.3. The van der Waals surface area contributed by atoms with Crippen molar-refractivity contribution in [2.75, 3.05) is 19.8 Å². The van der Waals surface area contributed by atoms with E-state index >= 15 is 0 Å². The fraction of sp³-hybridized carbons (Fsp3) is 0.294. The molecule has 0 saturated heterocycles. The SMILES string of the molecule is CN(C)Cc1cccc2c1C(S(=O)(=O)c1ccccc1)CS2(O)O. The third kappa shape index (κ3) is 2.98. The van der Waals surface area contributed by atoms with Gasteiger partial charge in [-0.15, -0.1) is 0 Å². The predicted octanol–water partition coefficient (Wildman–Crippen LogP) is 3.39. The number of rotatable bonds is 4. The summed E-state index contributed by atoms with van der Waals surface area (Å²) in [7, 11) is -3.01. The second-order valence-corrected chi connectivity index (χ2v) is 10.5. The minimum atomic E-state index is -3.70. The molecule has 0 aliphatic carbocycles. The van der Waals surface area contributed by atoms with Gasteiger partial charge < -0.3 is 4.90 Å². The van der Waals surface area contributed by atoms with Gasteiger partial charge in [0.1, 0.15) is 5.25 Å². The Kier molecular flexibility index (Phi) is 4.48. The third-order valence-electron chi connectivity index (χ3n) is 4.15. The van der Waals surface area contributed by atoms with Gasteiger partial charge in [-0.25, -0.2) is 8.42 Å². The molecule has 24 heavy (non-hydrogen) atoms. The normalized spacial score (nSPS) is 20.8. The molecule has 0 amide bonds. The van der Waals surface area contributed by atoms with Crippen molar-refractivity contribution < 1.29 is 17.5 Å².